The summed E-state index contributed by atoms with van der Waals surface area (Å²) < 4.78 is 24.8. The summed E-state index contributed by atoms with van der Waals surface area (Å²) in [6.07, 6.45) is 11.9. The van der Waals surface area contributed by atoms with Gasteiger partial charge in [0.1, 0.15) is 23.3 Å². The molecule has 200 valence electrons. The van der Waals surface area contributed by atoms with E-state index in [1.165, 1.54) is 71.0 Å². The number of hydrogen-bond acceptors (Lipinski definition) is 5. The van der Waals surface area contributed by atoms with Crippen LogP contribution in [0, 0.1) is 19.8 Å². The Kier molecular flexibility index (Phi) is 13.9. The van der Waals surface area contributed by atoms with Crippen molar-refractivity contribution in [3.63, 3.8) is 0 Å². The molecule has 1 atom stereocenters. The fourth-order valence-electron chi connectivity index (χ4n) is 4.82. The average molecular weight is 510 g/mol. The van der Waals surface area contributed by atoms with Gasteiger partial charge in [-0.2, -0.15) is 0 Å². The van der Waals surface area contributed by atoms with Gasteiger partial charge in [0.25, 0.3) is 0 Å². The Labute approximate surface area is 215 Å². The maximum Gasteiger partial charge on any atom is 0.245 e. The largest absolute Gasteiger partial charge is 0.497 e. The minimum Gasteiger partial charge on any atom is -0.497 e. The van der Waals surface area contributed by atoms with E-state index in [1.807, 2.05) is 26.0 Å². The molecule has 7 nitrogen and oxygen atoms in total. The Morgan fingerprint density at radius 1 is 1.11 bits per heavy atom. The molecular formula is C27H47N3O4S. The number of rotatable bonds is 11. The number of nitrogens with one attached hydrogen (secondary N) is 1. The zero-order valence-corrected chi connectivity index (χ0v) is 23.4. The summed E-state index contributed by atoms with van der Waals surface area (Å²) in [6, 6.07) is 3.74. The first-order chi connectivity index (χ1) is 16.8. The molecule has 2 aliphatic rings. The Morgan fingerprint density at radius 2 is 1.74 bits per heavy atom. The minimum atomic E-state index is -1.28. The van der Waals surface area contributed by atoms with Crippen LogP contribution in [0.1, 0.15) is 62.5 Å². The molecule has 35 heavy (non-hydrogen) atoms. The molecule has 1 aromatic carbocycles. The number of likely N-dealkylation sites (N-methyl/N-ethyl adjacent to an activating group) is 2. The number of aryl methyl sites for hydroxylation is 2. The van der Waals surface area contributed by atoms with Gasteiger partial charge in [-0.05, 0) is 81.9 Å². The number of methoxy groups -OCH3 is 1. The number of ether oxygens (including phenoxy) is 2. The second-order valence-electron chi connectivity index (χ2n) is 9.76. The van der Waals surface area contributed by atoms with Crippen molar-refractivity contribution in [3.8, 4) is 5.75 Å². The van der Waals surface area contributed by atoms with E-state index in [4.69, 9.17) is 9.47 Å². The van der Waals surface area contributed by atoms with Gasteiger partial charge < -0.3 is 19.7 Å². The lowest BCUT2D eigenvalue weighted by Crippen LogP contribution is -2.29. The standard InChI is InChI=1S/C15H24N2O4S.C12H23N/c1-11-8-13(20-5)9-12(2)15(11)22(19)17(4)6-7-21-10-14(18)16-3;1-2-6-12(7-3-1)8-11-13-9-4-5-10-13/h8-9H,6-7,10H2,1-5H3,(H,16,18);12H,1-11H2. The molecule has 1 N–H and O–H groups in total. The van der Waals surface area contributed by atoms with E-state index in [-0.39, 0.29) is 12.5 Å². The monoisotopic (exact) mass is 509 g/mol. The number of nitrogens with zero attached hydrogens (tertiary/aromatic N) is 2. The Balaban J connectivity index is 0.000000279. The zero-order valence-electron chi connectivity index (χ0n) is 22.6. The fourth-order valence-corrected chi connectivity index (χ4v) is 6.04. The van der Waals surface area contributed by atoms with Crippen LogP contribution in [0.15, 0.2) is 17.0 Å². The van der Waals surface area contributed by atoms with Crippen molar-refractivity contribution in [1.29, 1.82) is 0 Å². The van der Waals surface area contributed by atoms with E-state index < -0.39 is 11.0 Å². The smallest absolute Gasteiger partial charge is 0.245 e. The van der Waals surface area contributed by atoms with Crippen molar-refractivity contribution in [3.05, 3.63) is 23.3 Å². The van der Waals surface area contributed by atoms with Crippen molar-refractivity contribution in [2.24, 2.45) is 5.92 Å². The van der Waals surface area contributed by atoms with Crippen LogP contribution in [0.25, 0.3) is 0 Å². The topological polar surface area (TPSA) is 71.1 Å². The third-order valence-corrected chi connectivity index (χ3v) is 8.71. The van der Waals surface area contributed by atoms with Crippen LogP contribution < -0.4 is 10.1 Å². The number of hydrogen-bond donors (Lipinski definition) is 1. The molecule has 3 rings (SSSR count). The molecule has 1 saturated heterocycles. The van der Waals surface area contributed by atoms with Gasteiger partial charge in [0, 0.05) is 20.6 Å². The summed E-state index contributed by atoms with van der Waals surface area (Å²) in [5.74, 6) is 1.66. The third kappa shape index (κ3) is 10.6. The second kappa shape index (κ2) is 16.3. The van der Waals surface area contributed by atoms with E-state index in [0.717, 1.165) is 27.7 Å². The lowest BCUT2D eigenvalue weighted by atomic mass is 9.87. The van der Waals surface area contributed by atoms with Crippen molar-refractivity contribution in [2.45, 2.75) is 70.1 Å². The van der Waals surface area contributed by atoms with Crippen molar-refractivity contribution >= 4 is 16.9 Å². The number of amides is 1. The number of likely N-dealkylation sites (tertiary alicyclic amines) is 1. The average Bonchev–Trinajstić information content (AvgIpc) is 3.39. The molecule has 8 heteroatoms. The molecule has 1 aromatic rings. The quantitative estimate of drug-likeness (QED) is 0.455. The molecule has 1 aliphatic heterocycles. The highest BCUT2D eigenvalue weighted by atomic mass is 32.2. The van der Waals surface area contributed by atoms with Crippen LogP contribution in [0.5, 0.6) is 5.75 Å². The van der Waals surface area contributed by atoms with Crippen molar-refractivity contribution in [2.75, 3.05) is 60.6 Å². The Hall–Kier alpha value is -1.48. The van der Waals surface area contributed by atoms with Gasteiger partial charge in [-0.1, -0.05) is 32.1 Å². The normalized spacial score (nSPS) is 17.7. The SMILES string of the molecule is C1CCC(CCN2CCCC2)CC1.CNC(=O)COCCN(C)S(=O)c1c(C)cc(OC)cc1C. The second-order valence-corrected chi connectivity index (χ2v) is 11.3. The molecule has 0 spiro atoms. The first kappa shape index (κ1) is 29.7. The third-order valence-electron chi connectivity index (χ3n) is 6.97. The molecule has 0 radical (unpaired) electrons. The highest BCUT2D eigenvalue weighted by Crippen LogP contribution is 2.27. The molecule has 0 bridgehead atoms. The summed E-state index contributed by atoms with van der Waals surface area (Å²) in [5, 5.41) is 2.48. The van der Waals surface area contributed by atoms with Crippen LogP contribution in [0.3, 0.4) is 0 Å². The van der Waals surface area contributed by atoms with E-state index in [9.17, 15) is 9.00 Å². The summed E-state index contributed by atoms with van der Waals surface area (Å²) in [7, 11) is 3.66. The minimum absolute atomic E-state index is 0.0115. The van der Waals surface area contributed by atoms with Crippen LogP contribution in [0.4, 0.5) is 0 Å². The van der Waals surface area contributed by atoms with Gasteiger partial charge in [0.2, 0.25) is 5.91 Å². The number of carbonyl (C=O) groups excluding carboxylic acids is 1. The summed E-state index contributed by atoms with van der Waals surface area (Å²) >= 11 is 0. The predicted molar refractivity (Wildman–Crippen MR) is 143 cm³/mol. The van der Waals surface area contributed by atoms with Crippen molar-refractivity contribution < 1.29 is 18.5 Å². The summed E-state index contributed by atoms with van der Waals surface area (Å²) in [4.78, 5) is 14.5. The molecule has 1 aliphatic carbocycles. The molecule has 1 saturated carbocycles. The van der Waals surface area contributed by atoms with E-state index in [0.29, 0.717) is 13.2 Å². The summed E-state index contributed by atoms with van der Waals surface area (Å²) in [6.45, 7) is 8.80. The predicted octanol–water partition coefficient (Wildman–Crippen LogP) is 4.08. The molecule has 1 unspecified atom stereocenters. The van der Waals surface area contributed by atoms with Gasteiger partial charge in [-0.25, -0.2) is 8.51 Å². The number of benzene rings is 1. The maximum atomic E-state index is 12.6. The maximum absolute atomic E-state index is 12.6. The van der Waals surface area contributed by atoms with Crippen molar-refractivity contribution in [1.82, 2.24) is 14.5 Å². The summed E-state index contributed by atoms with van der Waals surface area (Å²) in [5.41, 5.74) is 1.85. The van der Waals surface area contributed by atoms with Gasteiger partial charge >= 0.3 is 0 Å². The molecule has 1 amide bonds. The molecule has 2 fully saturated rings. The van der Waals surface area contributed by atoms with E-state index in [2.05, 4.69) is 10.2 Å². The van der Waals surface area contributed by atoms with Crippen LogP contribution >= 0.6 is 0 Å². The van der Waals surface area contributed by atoms with Gasteiger partial charge in [-0.15, -0.1) is 0 Å². The van der Waals surface area contributed by atoms with E-state index >= 15 is 0 Å². The van der Waals surface area contributed by atoms with E-state index in [1.54, 1.807) is 25.5 Å². The lowest BCUT2D eigenvalue weighted by molar-refractivity contribution is -0.125. The number of carbonyl (C=O) groups is 1. The first-order valence-corrected chi connectivity index (χ1v) is 14.2. The van der Waals surface area contributed by atoms with Crippen LogP contribution in [-0.4, -0.2) is 79.9 Å². The van der Waals surface area contributed by atoms with Gasteiger partial charge in [-0.3, -0.25) is 4.79 Å². The molecular weight excluding hydrogens is 462 g/mol. The Bertz CT molecular complexity index is 770. The lowest BCUT2D eigenvalue weighted by Gasteiger charge is -2.24. The first-order valence-electron chi connectivity index (χ1n) is 13.1. The van der Waals surface area contributed by atoms with Crippen LogP contribution in [0.2, 0.25) is 0 Å². The molecule has 0 aromatic heterocycles. The molecule has 1 heterocycles. The zero-order chi connectivity index (χ0) is 25.6. The van der Waals surface area contributed by atoms with Gasteiger partial charge in [0.15, 0.2) is 0 Å². The van der Waals surface area contributed by atoms with Crippen LogP contribution in [-0.2, 0) is 20.5 Å². The van der Waals surface area contributed by atoms with Gasteiger partial charge in [0.05, 0.1) is 18.6 Å². The highest BCUT2D eigenvalue weighted by Gasteiger charge is 2.18. The Morgan fingerprint density at radius 3 is 2.31 bits per heavy atom. The fraction of sp³-hybridized carbons (Fsp3) is 0.741. The highest BCUT2D eigenvalue weighted by molar-refractivity contribution is 7.82.